The molecule has 0 radical (unpaired) electrons. The van der Waals surface area contributed by atoms with E-state index in [2.05, 4.69) is 10.3 Å². The Hall–Kier alpha value is -1.53. The smallest absolute Gasteiger partial charge is 0.168 e. The van der Waals surface area contributed by atoms with Crippen molar-refractivity contribution in [1.82, 2.24) is 10.3 Å². The van der Waals surface area contributed by atoms with Gasteiger partial charge in [-0.1, -0.05) is 0 Å². The second-order valence-electron chi connectivity index (χ2n) is 4.30. The molecule has 0 spiro atoms. The molecule has 0 amide bonds. The van der Waals surface area contributed by atoms with Crippen molar-refractivity contribution in [2.24, 2.45) is 0 Å². The average molecular weight is 272 g/mol. The number of methoxy groups -OCH3 is 1. The number of H-pyrrole nitrogens is 1. The molecule has 0 fully saturated rings. The first kappa shape index (κ1) is 13.9. The molecule has 1 aromatic carbocycles. The van der Waals surface area contributed by atoms with E-state index in [0.29, 0.717) is 37.0 Å². The monoisotopic (exact) mass is 272 g/mol. The molecule has 0 aliphatic heterocycles. The number of aryl methyl sites for hydroxylation is 1. The number of ether oxygens (including phenoxy) is 1. The average Bonchev–Trinajstić information content (AvgIpc) is 2.70. The maximum atomic E-state index is 13.8. The zero-order chi connectivity index (χ0) is 14.0. The second kappa shape index (κ2) is 5.63. The standard InChI is InChI=1S/C13H15F3N2O/c1-7-8(6-17-3-4-19-2)11-12(16)9(14)5-10(15)13(11)18-7/h5,17-18H,3-4,6H2,1-2H3. The molecule has 19 heavy (non-hydrogen) atoms. The molecular weight excluding hydrogens is 257 g/mol. The third-order valence-corrected chi connectivity index (χ3v) is 3.02. The van der Waals surface area contributed by atoms with Crippen LogP contribution in [0.2, 0.25) is 0 Å². The lowest BCUT2D eigenvalue weighted by Gasteiger charge is -2.05. The summed E-state index contributed by atoms with van der Waals surface area (Å²) in [5.41, 5.74) is 1.14. The summed E-state index contributed by atoms with van der Waals surface area (Å²) >= 11 is 0. The van der Waals surface area contributed by atoms with E-state index in [1.807, 2.05) is 0 Å². The molecule has 0 unspecified atom stereocenters. The molecule has 0 bridgehead atoms. The highest BCUT2D eigenvalue weighted by Gasteiger charge is 2.19. The maximum Gasteiger partial charge on any atom is 0.168 e. The molecule has 1 heterocycles. The molecule has 2 aromatic rings. The number of aromatic nitrogens is 1. The molecule has 0 saturated heterocycles. The van der Waals surface area contributed by atoms with Gasteiger partial charge in [-0.15, -0.1) is 0 Å². The fourth-order valence-electron chi connectivity index (χ4n) is 2.06. The van der Waals surface area contributed by atoms with Crippen molar-refractivity contribution in [3.05, 3.63) is 34.8 Å². The van der Waals surface area contributed by atoms with Gasteiger partial charge in [0, 0.05) is 37.3 Å². The molecule has 0 aliphatic rings. The zero-order valence-electron chi connectivity index (χ0n) is 10.7. The summed E-state index contributed by atoms with van der Waals surface area (Å²) in [4.78, 5) is 2.75. The van der Waals surface area contributed by atoms with Crippen molar-refractivity contribution in [2.75, 3.05) is 20.3 Å². The van der Waals surface area contributed by atoms with E-state index in [4.69, 9.17) is 4.74 Å². The minimum Gasteiger partial charge on any atom is -0.383 e. The first-order chi connectivity index (χ1) is 9.06. The summed E-state index contributed by atoms with van der Waals surface area (Å²) in [7, 11) is 1.57. The first-order valence-electron chi connectivity index (χ1n) is 5.90. The Morgan fingerprint density at radius 2 is 2.00 bits per heavy atom. The van der Waals surface area contributed by atoms with Crippen molar-refractivity contribution in [3.8, 4) is 0 Å². The molecule has 104 valence electrons. The lowest BCUT2D eigenvalue weighted by molar-refractivity contribution is 0.199. The summed E-state index contributed by atoms with van der Waals surface area (Å²) in [6.07, 6.45) is 0. The lowest BCUT2D eigenvalue weighted by atomic mass is 10.1. The Morgan fingerprint density at radius 1 is 1.26 bits per heavy atom. The van der Waals surface area contributed by atoms with Crippen LogP contribution in [0.15, 0.2) is 6.07 Å². The van der Waals surface area contributed by atoms with Crippen LogP contribution in [0.3, 0.4) is 0 Å². The predicted octanol–water partition coefficient (Wildman–Crippen LogP) is 2.63. The number of benzene rings is 1. The number of hydrogen-bond acceptors (Lipinski definition) is 2. The Balaban J connectivity index is 2.40. The van der Waals surface area contributed by atoms with Crippen molar-refractivity contribution in [3.63, 3.8) is 0 Å². The first-order valence-corrected chi connectivity index (χ1v) is 5.90. The molecule has 0 atom stereocenters. The van der Waals surface area contributed by atoms with Gasteiger partial charge in [0.25, 0.3) is 0 Å². The minimum atomic E-state index is -1.18. The van der Waals surface area contributed by atoms with Gasteiger partial charge in [-0.05, 0) is 12.5 Å². The highest BCUT2D eigenvalue weighted by molar-refractivity contribution is 5.85. The van der Waals surface area contributed by atoms with Crippen LogP contribution in [0, 0.1) is 24.4 Å². The van der Waals surface area contributed by atoms with Crippen LogP contribution in [-0.2, 0) is 11.3 Å². The van der Waals surface area contributed by atoms with Gasteiger partial charge in [-0.2, -0.15) is 0 Å². The van der Waals surface area contributed by atoms with Crippen LogP contribution >= 0.6 is 0 Å². The molecule has 1 aromatic heterocycles. The van der Waals surface area contributed by atoms with E-state index in [1.54, 1.807) is 14.0 Å². The quantitative estimate of drug-likeness (QED) is 0.648. The van der Waals surface area contributed by atoms with E-state index >= 15 is 0 Å². The van der Waals surface area contributed by atoms with E-state index in [9.17, 15) is 13.2 Å². The Kier molecular flexibility index (Phi) is 4.11. The van der Waals surface area contributed by atoms with Crippen molar-refractivity contribution in [1.29, 1.82) is 0 Å². The Bertz CT molecular complexity index is 595. The number of aromatic amines is 1. The SMILES string of the molecule is COCCNCc1c(C)[nH]c2c(F)cc(F)c(F)c12. The summed E-state index contributed by atoms with van der Waals surface area (Å²) in [6.45, 7) is 3.09. The lowest BCUT2D eigenvalue weighted by Crippen LogP contribution is -2.19. The number of fused-ring (bicyclic) bond motifs is 1. The van der Waals surface area contributed by atoms with Gasteiger partial charge >= 0.3 is 0 Å². The van der Waals surface area contributed by atoms with Gasteiger partial charge in [-0.3, -0.25) is 0 Å². The van der Waals surface area contributed by atoms with Gasteiger partial charge in [0.15, 0.2) is 11.6 Å². The Morgan fingerprint density at radius 3 is 2.68 bits per heavy atom. The molecular formula is C13H15F3N2O. The normalized spacial score (nSPS) is 11.4. The Labute approximate surface area is 108 Å². The summed E-state index contributed by atoms with van der Waals surface area (Å²) < 4.78 is 45.5. The van der Waals surface area contributed by atoms with Crippen LogP contribution in [-0.4, -0.2) is 25.2 Å². The fraction of sp³-hybridized carbons (Fsp3) is 0.385. The van der Waals surface area contributed by atoms with Gasteiger partial charge in [-0.25, -0.2) is 13.2 Å². The second-order valence-corrected chi connectivity index (χ2v) is 4.30. The van der Waals surface area contributed by atoms with Crippen LogP contribution in [0.1, 0.15) is 11.3 Å². The predicted molar refractivity (Wildman–Crippen MR) is 66.5 cm³/mol. The van der Waals surface area contributed by atoms with Gasteiger partial charge in [0.2, 0.25) is 0 Å². The maximum absolute atomic E-state index is 13.8. The highest BCUT2D eigenvalue weighted by atomic mass is 19.2. The number of rotatable bonds is 5. The number of hydrogen-bond donors (Lipinski definition) is 2. The van der Waals surface area contributed by atoms with E-state index in [-0.39, 0.29) is 10.9 Å². The summed E-state index contributed by atoms with van der Waals surface area (Å²) in [5.74, 6) is -2.99. The highest BCUT2D eigenvalue weighted by Crippen LogP contribution is 2.28. The zero-order valence-corrected chi connectivity index (χ0v) is 10.7. The van der Waals surface area contributed by atoms with E-state index < -0.39 is 17.5 Å². The van der Waals surface area contributed by atoms with Crippen LogP contribution in [0.25, 0.3) is 10.9 Å². The molecule has 0 saturated carbocycles. The molecule has 6 heteroatoms. The summed E-state index contributed by atoms with van der Waals surface area (Å²) in [6, 6.07) is 0.551. The van der Waals surface area contributed by atoms with Crippen LogP contribution in [0.4, 0.5) is 13.2 Å². The third kappa shape index (κ3) is 2.59. The van der Waals surface area contributed by atoms with Gasteiger partial charge in [0.05, 0.1) is 12.1 Å². The van der Waals surface area contributed by atoms with Crippen molar-refractivity contribution < 1.29 is 17.9 Å². The van der Waals surface area contributed by atoms with Crippen molar-refractivity contribution >= 4 is 10.9 Å². The topological polar surface area (TPSA) is 37.0 Å². The van der Waals surface area contributed by atoms with E-state index in [0.717, 1.165) is 0 Å². The van der Waals surface area contributed by atoms with Gasteiger partial charge in [0.1, 0.15) is 5.82 Å². The third-order valence-electron chi connectivity index (χ3n) is 3.02. The largest absolute Gasteiger partial charge is 0.383 e. The molecule has 2 N–H and O–H groups in total. The summed E-state index contributed by atoms with van der Waals surface area (Å²) in [5, 5.41) is 3.00. The minimum absolute atomic E-state index is 0.0000541. The number of nitrogens with one attached hydrogen (secondary N) is 2. The fourth-order valence-corrected chi connectivity index (χ4v) is 2.06. The molecule has 0 aliphatic carbocycles. The van der Waals surface area contributed by atoms with Gasteiger partial charge < -0.3 is 15.0 Å². The van der Waals surface area contributed by atoms with Crippen LogP contribution in [0.5, 0.6) is 0 Å². The molecule has 3 nitrogen and oxygen atoms in total. The molecule has 2 rings (SSSR count). The number of halogens is 3. The van der Waals surface area contributed by atoms with Crippen LogP contribution < -0.4 is 5.32 Å². The van der Waals surface area contributed by atoms with Crippen molar-refractivity contribution in [2.45, 2.75) is 13.5 Å². The van der Waals surface area contributed by atoms with E-state index in [1.165, 1.54) is 0 Å².